The van der Waals surface area contributed by atoms with Crippen molar-refractivity contribution in [2.75, 3.05) is 6.61 Å². The molecule has 0 aliphatic rings. The highest BCUT2D eigenvalue weighted by molar-refractivity contribution is 9.11. The van der Waals surface area contributed by atoms with E-state index < -0.39 is 0 Å². The second kappa shape index (κ2) is 6.66. The lowest BCUT2D eigenvalue weighted by atomic mass is 10.1. The summed E-state index contributed by atoms with van der Waals surface area (Å²) in [6.07, 6.45) is 3.49. The second-order valence-electron chi connectivity index (χ2n) is 3.66. The fraction of sp³-hybridized carbons (Fsp3) is 0.417. The Bertz CT molecular complexity index is 337. The van der Waals surface area contributed by atoms with Crippen LogP contribution in [0, 0.1) is 0 Å². The lowest BCUT2D eigenvalue weighted by molar-refractivity contribution is 0.359. The maximum absolute atomic E-state index is 5.85. The fourth-order valence-corrected chi connectivity index (χ4v) is 1.31. The minimum atomic E-state index is 0.182. The quantitative estimate of drug-likeness (QED) is 0.874. The molecule has 0 aromatic carbocycles. The predicted molar refractivity (Wildman–Crippen MR) is 69.8 cm³/mol. The number of rotatable bonds is 6. The summed E-state index contributed by atoms with van der Waals surface area (Å²) in [6.45, 7) is 6.22. The summed E-state index contributed by atoms with van der Waals surface area (Å²) in [5, 5.41) is 0. The molecule has 1 aromatic rings. The molecule has 0 aliphatic heterocycles. The lowest BCUT2D eigenvalue weighted by Crippen LogP contribution is -2.21. The van der Waals surface area contributed by atoms with Gasteiger partial charge in [-0.05, 0) is 18.6 Å². The summed E-state index contributed by atoms with van der Waals surface area (Å²) in [5.41, 5.74) is 6.85. The molecule has 0 saturated heterocycles. The van der Waals surface area contributed by atoms with Crippen molar-refractivity contribution in [1.29, 1.82) is 0 Å². The van der Waals surface area contributed by atoms with E-state index in [4.69, 9.17) is 10.5 Å². The Morgan fingerprint density at radius 1 is 1.62 bits per heavy atom. The van der Waals surface area contributed by atoms with Gasteiger partial charge in [0.25, 0.3) is 0 Å². The normalized spacial score (nSPS) is 12.2. The molecule has 1 heterocycles. The van der Waals surface area contributed by atoms with Crippen molar-refractivity contribution >= 4 is 15.9 Å². The molecule has 1 unspecified atom stereocenters. The number of nitrogens with zero attached hydrogens (tertiary/aromatic N) is 1. The molecule has 0 fully saturated rings. The van der Waals surface area contributed by atoms with Crippen LogP contribution in [0.15, 0.2) is 29.4 Å². The molecule has 1 aromatic heterocycles. The van der Waals surface area contributed by atoms with Gasteiger partial charge in [-0.1, -0.05) is 29.4 Å². The largest absolute Gasteiger partial charge is 0.487 e. The highest BCUT2D eigenvalue weighted by atomic mass is 79.9. The van der Waals surface area contributed by atoms with Crippen molar-refractivity contribution in [3.05, 3.63) is 35.1 Å². The average molecular weight is 285 g/mol. The van der Waals surface area contributed by atoms with Crippen molar-refractivity contribution in [2.45, 2.75) is 25.8 Å². The van der Waals surface area contributed by atoms with Gasteiger partial charge in [-0.3, -0.25) is 4.98 Å². The molecule has 4 heteroatoms. The maximum Gasteiger partial charge on any atom is 0.138 e. The monoisotopic (exact) mass is 284 g/mol. The molecule has 3 nitrogen and oxygen atoms in total. The summed E-state index contributed by atoms with van der Waals surface area (Å²) in [4.78, 5) is 4.29. The first kappa shape index (κ1) is 13.2. The number of pyridine rings is 1. The van der Waals surface area contributed by atoms with Gasteiger partial charge in [0.15, 0.2) is 0 Å². The fourth-order valence-electron chi connectivity index (χ4n) is 1.19. The van der Waals surface area contributed by atoms with Gasteiger partial charge < -0.3 is 10.5 Å². The van der Waals surface area contributed by atoms with Crippen molar-refractivity contribution in [2.24, 2.45) is 5.73 Å². The van der Waals surface area contributed by atoms with E-state index in [9.17, 15) is 0 Å². The second-order valence-corrected chi connectivity index (χ2v) is 4.79. The van der Waals surface area contributed by atoms with E-state index >= 15 is 0 Å². The van der Waals surface area contributed by atoms with Crippen LogP contribution in [0.3, 0.4) is 0 Å². The number of halogens is 1. The Morgan fingerprint density at radius 3 is 2.88 bits per heavy atom. The van der Waals surface area contributed by atoms with E-state index in [1.807, 2.05) is 12.1 Å². The van der Waals surface area contributed by atoms with Gasteiger partial charge in [0.2, 0.25) is 0 Å². The molecule has 0 spiro atoms. The summed E-state index contributed by atoms with van der Waals surface area (Å²) in [7, 11) is 0. The first-order chi connectivity index (χ1) is 7.61. The third-order valence-electron chi connectivity index (χ3n) is 2.19. The Morgan fingerprint density at radius 2 is 2.38 bits per heavy atom. The molecule has 0 radical (unpaired) electrons. The average Bonchev–Trinajstić information content (AvgIpc) is 2.28. The van der Waals surface area contributed by atoms with Crippen molar-refractivity contribution in [3.63, 3.8) is 0 Å². The first-order valence-electron chi connectivity index (χ1n) is 5.28. The first-order valence-corrected chi connectivity index (χ1v) is 6.07. The Kier molecular flexibility index (Phi) is 5.49. The highest BCUT2D eigenvalue weighted by Gasteiger charge is 2.03. The van der Waals surface area contributed by atoms with E-state index in [-0.39, 0.29) is 6.04 Å². The molecular formula is C12H17BrN2O. The molecule has 1 rings (SSSR count). The molecule has 1 atom stereocenters. The predicted octanol–water partition coefficient (Wildman–Crippen LogP) is 2.65. The smallest absolute Gasteiger partial charge is 0.138 e. The van der Waals surface area contributed by atoms with E-state index in [0.717, 1.165) is 28.8 Å². The van der Waals surface area contributed by atoms with Crippen LogP contribution in [0.25, 0.3) is 0 Å². The standard InChI is InChI=1S/C12H17BrN2O/c1-3-10(14)6-11-4-5-12(7-15-11)16-8-9(2)13/h4-5,7,10H,2-3,6,8,14H2,1H3. The summed E-state index contributed by atoms with van der Waals surface area (Å²) in [6, 6.07) is 4.03. The van der Waals surface area contributed by atoms with Crippen LogP contribution in [0.4, 0.5) is 0 Å². The van der Waals surface area contributed by atoms with Crippen LogP contribution in [-0.2, 0) is 6.42 Å². The third-order valence-corrected chi connectivity index (χ3v) is 2.42. The van der Waals surface area contributed by atoms with Crippen LogP contribution < -0.4 is 10.5 Å². The van der Waals surface area contributed by atoms with Gasteiger partial charge in [0.05, 0.1) is 6.20 Å². The molecule has 88 valence electrons. The Labute approximate surface area is 105 Å². The molecule has 0 amide bonds. The lowest BCUT2D eigenvalue weighted by Gasteiger charge is -2.09. The van der Waals surface area contributed by atoms with E-state index in [0.29, 0.717) is 6.61 Å². The molecule has 2 N–H and O–H groups in total. The van der Waals surface area contributed by atoms with E-state index in [1.54, 1.807) is 6.20 Å². The SMILES string of the molecule is C=C(Br)COc1ccc(CC(N)CC)nc1. The van der Waals surface area contributed by atoms with Gasteiger partial charge in [-0.2, -0.15) is 0 Å². The molecule has 0 saturated carbocycles. The van der Waals surface area contributed by atoms with Crippen LogP contribution in [0.5, 0.6) is 5.75 Å². The van der Waals surface area contributed by atoms with Gasteiger partial charge in [-0.25, -0.2) is 0 Å². The Hall–Kier alpha value is -0.870. The molecule has 16 heavy (non-hydrogen) atoms. The number of aromatic nitrogens is 1. The Balaban J connectivity index is 2.50. The minimum Gasteiger partial charge on any atom is -0.487 e. The van der Waals surface area contributed by atoms with Crippen LogP contribution >= 0.6 is 15.9 Å². The summed E-state index contributed by atoms with van der Waals surface area (Å²) in [5.74, 6) is 0.745. The zero-order chi connectivity index (χ0) is 12.0. The van der Waals surface area contributed by atoms with E-state index in [2.05, 4.69) is 34.4 Å². The van der Waals surface area contributed by atoms with Gasteiger partial charge in [0, 0.05) is 22.6 Å². The molecule has 0 bridgehead atoms. The number of hydrogen-bond acceptors (Lipinski definition) is 3. The number of hydrogen-bond donors (Lipinski definition) is 1. The summed E-state index contributed by atoms with van der Waals surface area (Å²) < 4.78 is 6.22. The maximum atomic E-state index is 5.85. The van der Waals surface area contributed by atoms with Crippen LogP contribution in [0.1, 0.15) is 19.0 Å². The van der Waals surface area contributed by atoms with Gasteiger partial charge in [-0.15, -0.1) is 0 Å². The number of nitrogens with two attached hydrogens (primary N) is 1. The molecule has 0 aliphatic carbocycles. The van der Waals surface area contributed by atoms with Crippen molar-refractivity contribution < 1.29 is 4.74 Å². The van der Waals surface area contributed by atoms with Gasteiger partial charge in [0.1, 0.15) is 12.4 Å². The topological polar surface area (TPSA) is 48.1 Å². The van der Waals surface area contributed by atoms with Crippen molar-refractivity contribution in [3.8, 4) is 5.75 Å². The van der Waals surface area contributed by atoms with E-state index in [1.165, 1.54) is 0 Å². The zero-order valence-corrected chi connectivity index (χ0v) is 11.0. The van der Waals surface area contributed by atoms with Gasteiger partial charge >= 0.3 is 0 Å². The zero-order valence-electron chi connectivity index (χ0n) is 9.45. The minimum absolute atomic E-state index is 0.182. The van der Waals surface area contributed by atoms with Crippen LogP contribution in [-0.4, -0.2) is 17.6 Å². The number of ether oxygens (including phenoxy) is 1. The molecular weight excluding hydrogens is 268 g/mol. The third kappa shape index (κ3) is 4.77. The van der Waals surface area contributed by atoms with Crippen LogP contribution in [0.2, 0.25) is 0 Å². The summed E-state index contributed by atoms with van der Waals surface area (Å²) >= 11 is 3.23. The van der Waals surface area contributed by atoms with Crippen molar-refractivity contribution in [1.82, 2.24) is 4.98 Å². The highest BCUT2D eigenvalue weighted by Crippen LogP contribution is 2.12.